The van der Waals surface area contributed by atoms with Crippen molar-refractivity contribution in [3.8, 4) is 0 Å². The second-order valence-corrected chi connectivity index (χ2v) is 3.83. The van der Waals surface area contributed by atoms with Crippen LogP contribution in [0, 0.1) is 0 Å². The third-order valence-electron chi connectivity index (χ3n) is 2.06. The fraction of sp³-hybridized carbons (Fsp3) is 0.889. The van der Waals surface area contributed by atoms with Crippen molar-refractivity contribution in [2.24, 2.45) is 0 Å². The maximum Gasteiger partial charge on any atom is 0.401 e. The summed E-state index contributed by atoms with van der Waals surface area (Å²) in [5.41, 5.74) is 0. The van der Waals surface area contributed by atoms with Crippen molar-refractivity contribution >= 4 is 5.97 Å². The lowest BCUT2D eigenvalue weighted by molar-refractivity contribution is -0.158. The van der Waals surface area contributed by atoms with Crippen LogP contribution in [0.1, 0.15) is 27.2 Å². The zero-order valence-electron chi connectivity index (χ0n) is 9.01. The van der Waals surface area contributed by atoms with Crippen molar-refractivity contribution in [2.45, 2.75) is 45.5 Å². The van der Waals surface area contributed by atoms with Crippen LogP contribution in [0.2, 0.25) is 0 Å². The molecule has 0 radical (unpaired) electrons. The third-order valence-corrected chi connectivity index (χ3v) is 2.06. The normalized spacial score (nSPS) is 14.7. The molecule has 0 saturated carbocycles. The minimum absolute atomic E-state index is 0.283. The van der Waals surface area contributed by atoms with E-state index in [-0.39, 0.29) is 12.5 Å². The van der Waals surface area contributed by atoms with Gasteiger partial charge in [-0.1, -0.05) is 0 Å². The van der Waals surface area contributed by atoms with Crippen molar-refractivity contribution in [1.82, 2.24) is 4.90 Å². The summed E-state index contributed by atoms with van der Waals surface area (Å²) in [6, 6.07) is -0.954. The van der Waals surface area contributed by atoms with E-state index in [0.717, 1.165) is 4.90 Å². The standard InChI is InChI=1S/C9H16F3NO2/c1-6(2)13(5-9(10,11)12)7(3)4-8(14)15/h6-7H,4-5H2,1-3H3,(H,14,15). The number of aliphatic carboxylic acids is 1. The SMILES string of the molecule is CC(C)N(CC(F)(F)F)C(C)CC(=O)O. The van der Waals surface area contributed by atoms with Gasteiger partial charge in [0, 0.05) is 12.1 Å². The largest absolute Gasteiger partial charge is 0.481 e. The van der Waals surface area contributed by atoms with Crippen molar-refractivity contribution in [3.05, 3.63) is 0 Å². The van der Waals surface area contributed by atoms with Gasteiger partial charge >= 0.3 is 12.1 Å². The van der Waals surface area contributed by atoms with E-state index in [1.54, 1.807) is 13.8 Å². The van der Waals surface area contributed by atoms with Crippen LogP contribution in [-0.2, 0) is 4.79 Å². The zero-order chi connectivity index (χ0) is 12.2. The summed E-state index contributed by atoms with van der Waals surface area (Å²) in [7, 11) is 0. The molecule has 1 N–H and O–H groups in total. The van der Waals surface area contributed by atoms with Crippen LogP contribution in [0.25, 0.3) is 0 Å². The Morgan fingerprint density at radius 1 is 1.33 bits per heavy atom. The van der Waals surface area contributed by atoms with Crippen molar-refractivity contribution < 1.29 is 23.1 Å². The Bertz CT molecular complexity index is 216. The summed E-state index contributed by atoms with van der Waals surface area (Å²) >= 11 is 0. The summed E-state index contributed by atoms with van der Waals surface area (Å²) in [4.78, 5) is 11.5. The van der Waals surface area contributed by atoms with Crippen LogP contribution >= 0.6 is 0 Å². The van der Waals surface area contributed by atoms with Crippen molar-refractivity contribution in [2.75, 3.05) is 6.54 Å². The van der Waals surface area contributed by atoms with Gasteiger partial charge in [-0.25, -0.2) is 0 Å². The molecule has 1 unspecified atom stereocenters. The Morgan fingerprint density at radius 3 is 2.07 bits per heavy atom. The fourth-order valence-electron chi connectivity index (χ4n) is 1.42. The van der Waals surface area contributed by atoms with E-state index in [4.69, 9.17) is 5.11 Å². The van der Waals surface area contributed by atoms with E-state index in [1.807, 2.05) is 0 Å². The first-order chi connectivity index (χ1) is 6.63. The highest BCUT2D eigenvalue weighted by atomic mass is 19.4. The number of alkyl halides is 3. The van der Waals surface area contributed by atoms with Gasteiger partial charge in [0.25, 0.3) is 0 Å². The molecule has 0 rings (SSSR count). The molecule has 1 atom stereocenters. The van der Waals surface area contributed by atoms with Gasteiger partial charge < -0.3 is 5.11 Å². The van der Waals surface area contributed by atoms with E-state index in [9.17, 15) is 18.0 Å². The number of carboxylic acids is 1. The Labute approximate surface area is 86.9 Å². The highest BCUT2D eigenvalue weighted by molar-refractivity contribution is 5.67. The smallest absolute Gasteiger partial charge is 0.401 e. The second kappa shape index (κ2) is 5.34. The Hall–Kier alpha value is -0.780. The molecule has 0 aliphatic rings. The average Bonchev–Trinajstić information content (AvgIpc) is 1.96. The number of hydrogen-bond donors (Lipinski definition) is 1. The van der Waals surface area contributed by atoms with E-state index in [1.165, 1.54) is 6.92 Å². The lowest BCUT2D eigenvalue weighted by atomic mass is 10.1. The zero-order valence-corrected chi connectivity index (χ0v) is 9.01. The van der Waals surface area contributed by atoms with Crippen LogP contribution in [0.15, 0.2) is 0 Å². The van der Waals surface area contributed by atoms with E-state index in [0.29, 0.717) is 0 Å². The van der Waals surface area contributed by atoms with Gasteiger partial charge in [0.15, 0.2) is 0 Å². The minimum atomic E-state index is -4.29. The molecule has 6 heteroatoms. The number of carbonyl (C=O) groups is 1. The van der Waals surface area contributed by atoms with E-state index < -0.39 is 24.7 Å². The van der Waals surface area contributed by atoms with Gasteiger partial charge in [-0.15, -0.1) is 0 Å². The minimum Gasteiger partial charge on any atom is -0.481 e. The fourth-order valence-corrected chi connectivity index (χ4v) is 1.42. The van der Waals surface area contributed by atoms with Crippen LogP contribution in [0.3, 0.4) is 0 Å². The van der Waals surface area contributed by atoms with Crippen molar-refractivity contribution in [1.29, 1.82) is 0 Å². The third kappa shape index (κ3) is 6.33. The molecular formula is C9H16F3NO2. The molecule has 0 aliphatic heterocycles. The first kappa shape index (κ1) is 14.2. The van der Waals surface area contributed by atoms with Crippen LogP contribution in [0.5, 0.6) is 0 Å². The molecule has 0 aromatic rings. The van der Waals surface area contributed by atoms with Gasteiger partial charge in [-0.3, -0.25) is 9.69 Å². The number of carboxylic acid groups (broad SMARTS) is 1. The van der Waals surface area contributed by atoms with Gasteiger partial charge in [0.2, 0.25) is 0 Å². The van der Waals surface area contributed by atoms with Crippen LogP contribution < -0.4 is 0 Å². The molecule has 0 spiro atoms. The van der Waals surface area contributed by atoms with E-state index >= 15 is 0 Å². The number of rotatable bonds is 5. The molecule has 0 heterocycles. The highest BCUT2D eigenvalue weighted by Crippen LogP contribution is 2.20. The molecule has 0 fully saturated rings. The average molecular weight is 227 g/mol. The first-order valence-electron chi connectivity index (χ1n) is 4.67. The molecule has 0 aromatic carbocycles. The Balaban J connectivity index is 4.45. The van der Waals surface area contributed by atoms with Gasteiger partial charge in [-0.2, -0.15) is 13.2 Å². The second-order valence-electron chi connectivity index (χ2n) is 3.83. The molecule has 3 nitrogen and oxygen atoms in total. The molecule has 0 bridgehead atoms. The van der Waals surface area contributed by atoms with Crippen LogP contribution in [-0.4, -0.2) is 40.8 Å². The number of halogens is 3. The summed E-state index contributed by atoms with van der Waals surface area (Å²) in [6.07, 6.45) is -4.58. The lowest BCUT2D eigenvalue weighted by Crippen LogP contribution is -2.45. The van der Waals surface area contributed by atoms with Gasteiger partial charge in [0.05, 0.1) is 13.0 Å². The highest BCUT2D eigenvalue weighted by Gasteiger charge is 2.34. The molecule has 90 valence electrons. The molecule has 0 saturated heterocycles. The summed E-state index contributed by atoms with van der Waals surface area (Å²) in [5.74, 6) is -1.09. The predicted molar refractivity (Wildman–Crippen MR) is 49.6 cm³/mol. The van der Waals surface area contributed by atoms with Gasteiger partial charge in [-0.05, 0) is 20.8 Å². The number of nitrogens with zero attached hydrogens (tertiary/aromatic N) is 1. The van der Waals surface area contributed by atoms with Gasteiger partial charge in [0.1, 0.15) is 0 Å². The summed E-state index contributed by atoms with van der Waals surface area (Å²) in [5, 5.41) is 8.50. The van der Waals surface area contributed by atoms with Crippen LogP contribution in [0.4, 0.5) is 13.2 Å². The van der Waals surface area contributed by atoms with Crippen molar-refractivity contribution in [3.63, 3.8) is 0 Å². The predicted octanol–water partition coefficient (Wildman–Crippen LogP) is 2.12. The molecule has 0 aromatic heterocycles. The first-order valence-corrected chi connectivity index (χ1v) is 4.67. The molecule has 0 aliphatic carbocycles. The van der Waals surface area contributed by atoms with E-state index in [2.05, 4.69) is 0 Å². The summed E-state index contributed by atoms with van der Waals surface area (Å²) in [6.45, 7) is 3.65. The summed E-state index contributed by atoms with van der Waals surface area (Å²) < 4.78 is 36.5. The number of hydrogen-bond acceptors (Lipinski definition) is 2. The topological polar surface area (TPSA) is 40.5 Å². The maximum atomic E-state index is 12.2. The Morgan fingerprint density at radius 2 is 1.80 bits per heavy atom. The maximum absolute atomic E-state index is 12.2. The molecule has 0 amide bonds. The lowest BCUT2D eigenvalue weighted by Gasteiger charge is -2.32. The molecule has 15 heavy (non-hydrogen) atoms. The monoisotopic (exact) mass is 227 g/mol. The Kier molecular flexibility index (Phi) is 5.07. The quantitative estimate of drug-likeness (QED) is 0.782. The molecular weight excluding hydrogens is 211 g/mol.